The number of nitrogens with two attached hydrogens (primary N) is 1. The van der Waals surface area contributed by atoms with Gasteiger partial charge in [-0.25, -0.2) is 4.98 Å². The lowest BCUT2D eigenvalue weighted by Crippen LogP contribution is -2.56. The Morgan fingerprint density at radius 3 is 2.19 bits per heavy atom. The molecule has 1 unspecified atom stereocenters. The van der Waals surface area contributed by atoms with E-state index in [-0.39, 0.29) is 25.0 Å². The van der Waals surface area contributed by atoms with Gasteiger partial charge in [-0.05, 0) is 50.7 Å². The Morgan fingerprint density at radius 2 is 1.54 bits per heavy atom. The van der Waals surface area contributed by atoms with Crippen LogP contribution in [0.5, 0.6) is 0 Å². The minimum absolute atomic E-state index is 0.0548. The second-order valence-electron chi connectivity index (χ2n) is 12.9. The normalized spacial score (nSPS) is 14.4. The SMILES string of the molecule is CC(C)(N)C(=O)N[C@H](COCc1ccccc1)C(=O)Nc1cn(CCCC(C(=O)N2CCCC2)c2ccccc2)c(-c2ccccc2)n1. The fourth-order valence-electron chi connectivity index (χ4n) is 5.82. The lowest BCUT2D eigenvalue weighted by atomic mass is 9.92. The standard InChI is InChI=1S/C38H46N6O4/c1-38(2,39)37(47)40-32(27-48-26-28-15-6-3-7-16-28)35(45)42-33-25-44(34(41-33)30-19-10-5-11-20-30)24-14-21-31(29-17-8-4-9-18-29)36(46)43-22-12-13-23-43/h3-11,15-20,25,31-32H,12-14,21-24,26-27,39H2,1-2H3,(H,40,47)(H,42,45)/t31?,32-/m1/s1. The largest absolute Gasteiger partial charge is 0.374 e. The molecule has 0 aliphatic carbocycles. The molecule has 0 spiro atoms. The first kappa shape index (κ1) is 34.5. The highest BCUT2D eigenvalue weighted by Crippen LogP contribution is 2.28. The van der Waals surface area contributed by atoms with Crippen molar-refractivity contribution >= 4 is 23.5 Å². The molecule has 5 rings (SSSR count). The number of amides is 3. The van der Waals surface area contributed by atoms with Crippen molar-refractivity contribution in [2.24, 2.45) is 5.73 Å². The van der Waals surface area contributed by atoms with Crippen molar-refractivity contribution in [1.82, 2.24) is 19.8 Å². The van der Waals surface area contributed by atoms with Crippen molar-refractivity contribution in [3.63, 3.8) is 0 Å². The minimum atomic E-state index is -1.19. The van der Waals surface area contributed by atoms with E-state index < -0.39 is 23.4 Å². The first-order valence-corrected chi connectivity index (χ1v) is 16.7. The summed E-state index contributed by atoms with van der Waals surface area (Å²) >= 11 is 0. The Kier molecular flexibility index (Phi) is 11.8. The molecule has 252 valence electrons. The summed E-state index contributed by atoms with van der Waals surface area (Å²) in [7, 11) is 0. The number of anilines is 1. The Bertz CT molecular complexity index is 1630. The molecule has 0 saturated carbocycles. The van der Waals surface area contributed by atoms with E-state index in [1.165, 1.54) is 0 Å². The molecule has 1 saturated heterocycles. The number of nitrogens with zero attached hydrogens (tertiary/aromatic N) is 3. The fourth-order valence-corrected chi connectivity index (χ4v) is 5.82. The molecule has 4 N–H and O–H groups in total. The van der Waals surface area contributed by atoms with Gasteiger partial charge < -0.3 is 30.6 Å². The zero-order valence-corrected chi connectivity index (χ0v) is 27.8. The number of ether oxygens (including phenoxy) is 1. The summed E-state index contributed by atoms with van der Waals surface area (Å²) in [5.74, 6) is 0.0594. The molecule has 2 heterocycles. The number of carbonyl (C=O) groups excluding carboxylic acids is 3. The van der Waals surface area contributed by atoms with Crippen molar-refractivity contribution in [3.05, 3.63) is 108 Å². The van der Waals surface area contributed by atoms with Crippen LogP contribution < -0.4 is 16.4 Å². The third-order valence-electron chi connectivity index (χ3n) is 8.47. The molecular weight excluding hydrogens is 604 g/mol. The lowest BCUT2D eigenvalue weighted by Gasteiger charge is -2.24. The number of carbonyl (C=O) groups is 3. The van der Waals surface area contributed by atoms with Crippen LogP contribution in [0.3, 0.4) is 0 Å². The number of aromatic nitrogens is 2. The first-order chi connectivity index (χ1) is 23.2. The number of likely N-dealkylation sites (tertiary alicyclic amines) is 1. The van der Waals surface area contributed by atoms with Gasteiger partial charge in [0.05, 0.1) is 24.7 Å². The van der Waals surface area contributed by atoms with E-state index in [0.717, 1.165) is 49.0 Å². The molecule has 0 bridgehead atoms. The maximum atomic E-state index is 13.6. The molecule has 2 atom stereocenters. The van der Waals surface area contributed by atoms with Gasteiger partial charge in [0.15, 0.2) is 5.82 Å². The van der Waals surface area contributed by atoms with E-state index in [1.54, 1.807) is 20.0 Å². The molecule has 0 radical (unpaired) electrons. The van der Waals surface area contributed by atoms with Crippen molar-refractivity contribution in [2.45, 2.75) is 70.2 Å². The first-order valence-electron chi connectivity index (χ1n) is 16.7. The summed E-state index contributed by atoms with van der Waals surface area (Å²) < 4.78 is 7.86. The monoisotopic (exact) mass is 650 g/mol. The van der Waals surface area contributed by atoms with Gasteiger partial charge in [0.2, 0.25) is 11.8 Å². The molecule has 48 heavy (non-hydrogen) atoms. The van der Waals surface area contributed by atoms with Crippen molar-refractivity contribution < 1.29 is 19.1 Å². The van der Waals surface area contributed by atoms with Gasteiger partial charge in [0, 0.05) is 31.4 Å². The molecule has 1 fully saturated rings. The summed E-state index contributed by atoms with van der Waals surface area (Å²) in [4.78, 5) is 46.7. The second kappa shape index (κ2) is 16.3. The zero-order chi connectivity index (χ0) is 33.9. The third kappa shape index (κ3) is 9.39. The number of imidazole rings is 1. The van der Waals surface area contributed by atoms with Crippen LogP contribution in [0.15, 0.2) is 97.2 Å². The highest BCUT2D eigenvalue weighted by atomic mass is 16.5. The van der Waals surface area contributed by atoms with Crippen LogP contribution in [0.25, 0.3) is 11.4 Å². The number of hydrogen-bond donors (Lipinski definition) is 3. The van der Waals surface area contributed by atoms with Crippen LogP contribution in [-0.2, 0) is 32.3 Å². The molecule has 1 aliphatic heterocycles. The Balaban J connectivity index is 1.31. The fraction of sp³-hybridized carbons (Fsp3) is 0.368. The zero-order valence-electron chi connectivity index (χ0n) is 27.8. The van der Waals surface area contributed by atoms with Crippen molar-refractivity contribution in [3.8, 4) is 11.4 Å². The predicted molar refractivity (Wildman–Crippen MR) is 187 cm³/mol. The topological polar surface area (TPSA) is 132 Å². The second-order valence-corrected chi connectivity index (χ2v) is 12.9. The van der Waals surface area contributed by atoms with Crippen LogP contribution in [-0.4, -0.2) is 63.4 Å². The quantitative estimate of drug-likeness (QED) is 0.164. The smallest absolute Gasteiger partial charge is 0.250 e. The Labute approximate surface area is 282 Å². The van der Waals surface area contributed by atoms with E-state index in [2.05, 4.69) is 10.6 Å². The maximum Gasteiger partial charge on any atom is 0.250 e. The number of aryl methyl sites for hydroxylation is 1. The summed E-state index contributed by atoms with van der Waals surface area (Å²) in [5, 5.41) is 5.63. The molecule has 3 aromatic carbocycles. The minimum Gasteiger partial charge on any atom is -0.374 e. The average Bonchev–Trinajstić information content (AvgIpc) is 3.78. The van der Waals surface area contributed by atoms with Gasteiger partial charge in [0.25, 0.3) is 5.91 Å². The summed E-state index contributed by atoms with van der Waals surface area (Å²) in [5.41, 5.74) is 7.71. The van der Waals surface area contributed by atoms with E-state index in [1.807, 2.05) is 100 Å². The number of nitrogens with one attached hydrogen (secondary N) is 2. The van der Waals surface area contributed by atoms with Crippen LogP contribution in [0.1, 0.15) is 56.6 Å². The Hall–Kier alpha value is -4.80. The summed E-state index contributed by atoms with van der Waals surface area (Å²) in [6.07, 6.45) is 5.29. The molecule has 10 nitrogen and oxygen atoms in total. The summed E-state index contributed by atoms with van der Waals surface area (Å²) in [6, 6.07) is 28.4. The van der Waals surface area contributed by atoms with Gasteiger partial charge in [-0.2, -0.15) is 0 Å². The lowest BCUT2D eigenvalue weighted by molar-refractivity contribution is -0.132. The number of hydrogen-bond acceptors (Lipinski definition) is 6. The third-order valence-corrected chi connectivity index (χ3v) is 8.47. The molecule has 1 aromatic heterocycles. The molecular formula is C38H46N6O4. The van der Waals surface area contributed by atoms with Gasteiger partial charge in [-0.1, -0.05) is 91.0 Å². The van der Waals surface area contributed by atoms with Gasteiger partial charge >= 0.3 is 0 Å². The summed E-state index contributed by atoms with van der Waals surface area (Å²) in [6.45, 7) is 5.60. The van der Waals surface area contributed by atoms with Crippen LogP contribution in [0.2, 0.25) is 0 Å². The van der Waals surface area contributed by atoms with Crippen molar-refractivity contribution in [2.75, 3.05) is 25.0 Å². The van der Waals surface area contributed by atoms with Gasteiger partial charge in [-0.3, -0.25) is 14.4 Å². The van der Waals surface area contributed by atoms with E-state index in [9.17, 15) is 14.4 Å². The highest BCUT2D eigenvalue weighted by molar-refractivity contribution is 5.98. The van der Waals surface area contributed by atoms with E-state index in [0.29, 0.717) is 24.6 Å². The van der Waals surface area contributed by atoms with Crippen LogP contribution in [0, 0.1) is 0 Å². The molecule has 4 aromatic rings. The van der Waals surface area contributed by atoms with Gasteiger partial charge in [0.1, 0.15) is 11.9 Å². The van der Waals surface area contributed by atoms with Gasteiger partial charge in [-0.15, -0.1) is 0 Å². The number of rotatable bonds is 15. The van der Waals surface area contributed by atoms with Crippen molar-refractivity contribution in [1.29, 1.82) is 0 Å². The molecule has 3 amide bonds. The Morgan fingerprint density at radius 1 is 0.917 bits per heavy atom. The molecule has 10 heteroatoms. The van der Waals surface area contributed by atoms with E-state index >= 15 is 0 Å². The maximum absolute atomic E-state index is 13.6. The molecule has 1 aliphatic rings. The highest BCUT2D eigenvalue weighted by Gasteiger charge is 2.30. The van der Waals surface area contributed by atoms with Crippen LogP contribution in [0.4, 0.5) is 5.82 Å². The van der Waals surface area contributed by atoms with E-state index in [4.69, 9.17) is 15.5 Å². The predicted octanol–water partition coefficient (Wildman–Crippen LogP) is 5.11. The van der Waals surface area contributed by atoms with Crippen LogP contribution >= 0.6 is 0 Å². The average molecular weight is 651 g/mol. The number of benzene rings is 3.